The predicted molar refractivity (Wildman–Crippen MR) is 144 cm³/mol. The molecule has 6 nitrogen and oxygen atoms in total. The number of fused-ring (bicyclic) bond motifs is 1. The van der Waals surface area contributed by atoms with Crippen LogP contribution in [-0.2, 0) is 28.9 Å². The summed E-state index contributed by atoms with van der Waals surface area (Å²) in [5.41, 5.74) is 3.78. The highest BCUT2D eigenvalue weighted by Gasteiger charge is 2.25. The van der Waals surface area contributed by atoms with E-state index in [0.717, 1.165) is 38.0 Å². The Kier molecular flexibility index (Phi) is 9.97. The van der Waals surface area contributed by atoms with Crippen molar-refractivity contribution in [3.8, 4) is 11.5 Å². The molecule has 6 heteroatoms. The molecule has 0 aromatic heterocycles. The van der Waals surface area contributed by atoms with Gasteiger partial charge in [0.25, 0.3) is 0 Å². The number of hydrogen-bond acceptors (Lipinski definition) is 6. The van der Waals surface area contributed by atoms with Gasteiger partial charge in [-0.2, -0.15) is 0 Å². The number of aryl methyl sites for hydroxylation is 1. The molecule has 37 heavy (non-hydrogen) atoms. The summed E-state index contributed by atoms with van der Waals surface area (Å²) in [5, 5.41) is 10.9. The summed E-state index contributed by atoms with van der Waals surface area (Å²) in [4.78, 5) is 14.1. The van der Waals surface area contributed by atoms with Crippen LogP contribution in [0.15, 0.2) is 78.9 Å². The molecule has 1 N–H and O–H groups in total. The van der Waals surface area contributed by atoms with E-state index >= 15 is 0 Å². The highest BCUT2D eigenvalue weighted by Crippen LogP contribution is 2.28. The fourth-order valence-electron chi connectivity index (χ4n) is 4.86. The normalized spacial score (nSPS) is 15.9. The molecule has 1 unspecified atom stereocenters. The summed E-state index contributed by atoms with van der Waals surface area (Å²) in [7, 11) is 0. The third kappa shape index (κ3) is 8.34. The molecule has 196 valence electrons. The molecule has 0 saturated carbocycles. The zero-order valence-electron chi connectivity index (χ0n) is 21.6. The van der Waals surface area contributed by atoms with E-state index in [2.05, 4.69) is 41.3 Å². The van der Waals surface area contributed by atoms with Crippen LogP contribution >= 0.6 is 0 Å². The van der Waals surface area contributed by atoms with Gasteiger partial charge in [-0.25, -0.2) is 4.79 Å². The summed E-state index contributed by atoms with van der Waals surface area (Å²) in [6.45, 7) is 3.60. The van der Waals surface area contributed by atoms with Crippen LogP contribution in [0.3, 0.4) is 0 Å². The van der Waals surface area contributed by atoms with Crippen molar-refractivity contribution in [2.75, 3.05) is 26.4 Å². The minimum absolute atomic E-state index is 0.0803. The first-order valence-electron chi connectivity index (χ1n) is 13.1. The van der Waals surface area contributed by atoms with E-state index in [1.165, 1.54) is 16.7 Å². The molecular weight excluding hydrogens is 466 g/mol. The second-order valence-corrected chi connectivity index (χ2v) is 9.47. The van der Waals surface area contributed by atoms with Crippen LogP contribution in [0, 0.1) is 0 Å². The molecule has 2 atom stereocenters. The first-order valence-corrected chi connectivity index (χ1v) is 13.1. The average Bonchev–Trinajstić information content (AvgIpc) is 3.14. The van der Waals surface area contributed by atoms with Crippen molar-refractivity contribution >= 4 is 5.97 Å². The number of benzene rings is 3. The molecule has 0 amide bonds. The lowest BCUT2D eigenvalue weighted by Crippen LogP contribution is -2.42. The Balaban J connectivity index is 1.43. The molecule has 1 aliphatic carbocycles. The first-order chi connectivity index (χ1) is 18.1. The Morgan fingerprint density at radius 2 is 1.73 bits per heavy atom. The number of hydrogen-bond donors (Lipinski definition) is 1. The molecule has 3 aromatic rings. The number of para-hydroxylation sites is 1. The maximum atomic E-state index is 11.7. The van der Waals surface area contributed by atoms with Gasteiger partial charge in [-0.05, 0) is 73.6 Å². The molecular formula is C31H37NO5. The number of rotatable bonds is 12. The van der Waals surface area contributed by atoms with Crippen LogP contribution in [0.2, 0.25) is 0 Å². The Bertz CT molecular complexity index is 1110. The Labute approximate surface area is 219 Å². The van der Waals surface area contributed by atoms with Crippen molar-refractivity contribution in [3.05, 3.63) is 95.6 Å². The zero-order chi connectivity index (χ0) is 25.9. The Morgan fingerprint density at radius 1 is 0.973 bits per heavy atom. The van der Waals surface area contributed by atoms with Gasteiger partial charge in [-0.1, -0.05) is 54.6 Å². The standard InChI is InChI=1S/C31H37NO5/c1-2-35-31(34)23-37-30-17-16-26-18-27(13-9-12-25(26)19-30)32(20-24-10-5-3-6-11-24)21-28(33)22-36-29-14-7-4-8-15-29/h3-8,10-11,14-17,19,27-28,33H,2,9,12-13,18,20-23H2,1H3/t27?,28-/m0/s1. The molecule has 3 aromatic carbocycles. The summed E-state index contributed by atoms with van der Waals surface area (Å²) >= 11 is 0. The average molecular weight is 504 g/mol. The van der Waals surface area contributed by atoms with E-state index < -0.39 is 6.10 Å². The lowest BCUT2D eigenvalue weighted by molar-refractivity contribution is -0.145. The second kappa shape index (κ2) is 13.8. The van der Waals surface area contributed by atoms with E-state index in [1.54, 1.807) is 6.92 Å². The van der Waals surface area contributed by atoms with Crippen LogP contribution in [0.4, 0.5) is 0 Å². The molecule has 4 rings (SSSR count). The number of nitrogens with zero attached hydrogens (tertiary/aromatic N) is 1. The topological polar surface area (TPSA) is 68.2 Å². The fourth-order valence-corrected chi connectivity index (χ4v) is 4.86. The SMILES string of the molecule is CCOC(=O)COc1ccc2c(c1)CCCC(N(Cc1ccccc1)C[C@H](O)COc1ccccc1)C2. The first kappa shape index (κ1) is 26.7. The van der Waals surface area contributed by atoms with Crippen molar-refractivity contribution in [2.24, 2.45) is 0 Å². The van der Waals surface area contributed by atoms with E-state index in [9.17, 15) is 9.90 Å². The van der Waals surface area contributed by atoms with Crippen LogP contribution in [0.5, 0.6) is 11.5 Å². The number of ether oxygens (including phenoxy) is 3. The maximum Gasteiger partial charge on any atom is 0.344 e. The third-order valence-corrected chi connectivity index (χ3v) is 6.65. The van der Waals surface area contributed by atoms with E-state index in [-0.39, 0.29) is 19.2 Å². The van der Waals surface area contributed by atoms with Gasteiger partial charge in [0, 0.05) is 19.1 Å². The van der Waals surface area contributed by atoms with E-state index in [1.807, 2.05) is 42.5 Å². The maximum absolute atomic E-state index is 11.7. The Hall–Kier alpha value is -3.35. The number of carbonyl (C=O) groups is 1. The van der Waals surface area contributed by atoms with Gasteiger partial charge in [0.15, 0.2) is 6.61 Å². The highest BCUT2D eigenvalue weighted by atomic mass is 16.6. The minimum atomic E-state index is -0.606. The molecule has 0 spiro atoms. The van der Waals surface area contributed by atoms with Gasteiger partial charge < -0.3 is 19.3 Å². The van der Waals surface area contributed by atoms with Crippen LogP contribution in [-0.4, -0.2) is 54.5 Å². The largest absolute Gasteiger partial charge is 0.491 e. The second-order valence-electron chi connectivity index (χ2n) is 9.47. The van der Waals surface area contributed by atoms with Gasteiger partial charge in [0.2, 0.25) is 0 Å². The monoisotopic (exact) mass is 503 g/mol. The summed E-state index contributed by atoms with van der Waals surface area (Å²) < 4.78 is 16.5. The van der Waals surface area contributed by atoms with E-state index in [4.69, 9.17) is 14.2 Å². The molecule has 1 aliphatic rings. The van der Waals surface area contributed by atoms with Gasteiger partial charge in [0.05, 0.1) is 6.61 Å². The summed E-state index contributed by atoms with van der Waals surface area (Å²) in [5.74, 6) is 1.10. The summed E-state index contributed by atoms with van der Waals surface area (Å²) in [6, 6.07) is 26.4. The molecule has 0 aliphatic heterocycles. The third-order valence-electron chi connectivity index (χ3n) is 6.65. The Morgan fingerprint density at radius 3 is 2.49 bits per heavy atom. The highest BCUT2D eigenvalue weighted by molar-refractivity contribution is 5.71. The number of carbonyl (C=O) groups excluding carboxylic acids is 1. The molecule has 0 radical (unpaired) electrons. The lowest BCUT2D eigenvalue weighted by atomic mass is 10.00. The van der Waals surface area contributed by atoms with Gasteiger partial charge in [-0.15, -0.1) is 0 Å². The quantitative estimate of drug-likeness (QED) is 0.282. The molecule has 0 fully saturated rings. The van der Waals surface area contributed by atoms with Crippen LogP contribution < -0.4 is 9.47 Å². The van der Waals surface area contributed by atoms with Crippen LogP contribution in [0.1, 0.15) is 36.5 Å². The number of aliphatic hydroxyl groups is 1. The molecule has 0 bridgehead atoms. The van der Waals surface area contributed by atoms with Crippen LogP contribution in [0.25, 0.3) is 0 Å². The minimum Gasteiger partial charge on any atom is -0.491 e. The fraction of sp³-hybridized carbons (Fsp3) is 0.387. The smallest absolute Gasteiger partial charge is 0.344 e. The van der Waals surface area contributed by atoms with Crippen molar-refractivity contribution in [3.63, 3.8) is 0 Å². The lowest BCUT2D eigenvalue weighted by Gasteiger charge is -2.33. The summed E-state index contributed by atoms with van der Waals surface area (Å²) in [6.07, 6.45) is 3.33. The predicted octanol–water partition coefficient (Wildman–Crippen LogP) is 4.82. The van der Waals surface area contributed by atoms with Crippen molar-refractivity contribution in [1.29, 1.82) is 0 Å². The van der Waals surface area contributed by atoms with E-state index in [0.29, 0.717) is 24.9 Å². The number of esters is 1. The van der Waals surface area contributed by atoms with Gasteiger partial charge in [0.1, 0.15) is 24.2 Å². The van der Waals surface area contributed by atoms with Crippen molar-refractivity contribution in [2.45, 2.75) is 51.3 Å². The van der Waals surface area contributed by atoms with Gasteiger partial charge in [-0.3, -0.25) is 4.90 Å². The van der Waals surface area contributed by atoms with Gasteiger partial charge >= 0.3 is 5.97 Å². The zero-order valence-corrected chi connectivity index (χ0v) is 21.6. The molecule has 0 saturated heterocycles. The number of aliphatic hydroxyl groups excluding tert-OH is 1. The molecule has 0 heterocycles. The van der Waals surface area contributed by atoms with Crippen molar-refractivity contribution < 1.29 is 24.1 Å². The van der Waals surface area contributed by atoms with Crippen molar-refractivity contribution in [1.82, 2.24) is 4.90 Å².